The predicted molar refractivity (Wildman–Crippen MR) is 76.9 cm³/mol. The molecule has 1 aliphatic heterocycles. The minimum atomic E-state index is 1.20. The molecular weight excluding hydrogens is 194 g/mol. The molecule has 1 fully saturated rings. The van der Waals surface area contributed by atoms with Crippen molar-refractivity contribution in [2.75, 3.05) is 19.6 Å². The summed E-state index contributed by atoms with van der Waals surface area (Å²) < 4.78 is 0. The molecule has 1 nitrogen and oxygen atoms in total. The molecule has 1 rings (SSSR count). The van der Waals surface area contributed by atoms with E-state index >= 15 is 0 Å². The highest BCUT2D eigenvalue weighted by Crippen LogP contribution is 2.11. The molecule has 0 atom stereocenters. The Labute approximate surface area is 103 Å². The predicted octanol–water partition coefficient (Wildman–Crippen LogP) is 4.66. The smallest absolute Gasteiger partial charge is 0.0192 e. The highest BCUT2D eigenvalue weighted by atomic mass is 15.1. The van der Waals surface area contributed by atoms with Crippen LogP contribution in [-0.4, -0.2) is 24.5 Å². The molecular formula is C15H31N. The normalized spacial score (nSPS) is 14.1. The van der Waals surface area contributed by atoms with Gasteiger partial charge >= 0.3 is 0 Å². The van der Waals surface area contributed by atoms with E-state index in [1.54, 1.807) is 11.6 Å². The third-order valence-corrected chi connectivity index (χ3v) is 2.51. The van der Waals surface area contributed by atoms with Crippen LogP contribution in [0.4, 0.5) is 0 Å². The van der Waals surface area contributed by atoms with Crippen LogP contribution >= 0.6 is 0 Å². The van der Waals surface area contributed by atoms with Crippen molar-refractivity contribution in [1.82, 2.24) is 4.90 Å². The second kappa shape index (κ2) is 12.5. The largest absolute Gasteiger partial charge is 0.299 e. The molecule has 1 heteroatoms. The van der Waals surface area contributed by atoms with Gasteiger partial charge in [-0.25, -0.2) is 0 Å². The van der Waals surface area contributed by atoms with E-state index in [1.807, 2.05) is 20.8 Å². The van der Waals surface area contributed by atoms with Gasteiger partial charge in [0.05, 0.1) is 0 Å². The summed E-state index contributed by atoms with van der Waals surface area (Å²) in [6, 6.07) is 0. The van der Waals surface area contributed by atoms with Crippen LogP contribution in [0.3, 0.4) is 0 Å². The van der Waals surface area contributed by atoms with Crippen molar-refractivity contribution in [3.63, 3.8) is 0 Å². The maximum atomic E-state index is 3.36. The average molecular weight is 225 g/mol. The summed E-state index contributed by atoms with van der Waals surface area (Å²) in [7, 11) is 0. The Balaban J connectivity index is 0. The topological polar surface area (TPSA) is 3.24 Å². The van der Waals surface area contributed by atoms with E-state index in [2.05, 4.69) is 32.3 Å². The molecule has 0 saturated carbocycles. The van der Waals surface area contributed by atoms with Crippen molar-refractivity contribution in [3.8, 4) is 0 Å². The molecule has 1 saturated heterocycles. The third kappa shape index (κ3) is 9.97. The summed E-state index contributed by atoms with van der Waals surface area (Å²) in [5.41, 5.74) is 3.03. The molecule has 0 N–H and O–H groups in total. The molecule has 0 amide bonds. The standard InChI is InChI=1S/C10H19N.C3H6.C2H6/c1-9(2)10(3)8-11-6-4-5-7-11;1-3-2;1-2/h4-8H2,1-3H3;3H,1H2,2H3;1-2H3. The van der Waals surface area contributed by atoms with Crippen molar-refractivity contribution in [3.05, 3.63) is 23.8 Å². The fourth-order valence-electron chi connectivity index (χ4n) is 1.43. The van der Waals surface area contributed by atoms with E-state index in [1.165, 1.54) is 38.0 Å². The maximum absolute atomic E-state index is 3.36. The lowest BCUT2D eigenvalue weighted by Gasteiger charge is -2.15. The van der Waals surface area contributed by atoms with Crippen molar-refractivity contribution in [2.24, 2.45) is 0 Å². The number of likely N-dealkylation sites (tertiary alicyclic amines) is 1. The molecule has 0 aromatic heterocycles. The molecule has 0 bridgehead atoms. The first-order valence-electron chi connectivity index (χ1n) is 6.54. The van der Waals surface area contributed by atoms with Gasteiger partial charge in [0.25, 0.3) is 0 Å². The Bertz CT molecular complexity index is 182. The number of hydrogen-bond donors (Lipinski definition) is 0. The Kier molecular flexibility index (Phi) is 13.9. The zero-order valence-electron chi connectivity index (χ0n) is 12.3. The zero-order valence-corrected chi connectivity index (χ0v) is 12.3. The van der Waals surface area contributed by atoms with Crippen LogP contribution in [0.15, 0.2) is 23.8 Å². The second-order valence-electron chi connectivity index (χ2n) is 4.17. The van der Waals surface area contributed by atoms with Gasteiger partial charge in [-0.2, -0.15) is 0 Å². The van der Waals surface area contributed by atoms with Crippen LogP contribution in [0.5, 0.6) is 0 Å². The Hall–Kier alpha value is -0.560. The second-order valence-corrected chi connectivity index (χ2v) is 4.17. The SMILES string of the molecule is C=CC.CC.CC(C)=C(C)CN1CCCC1. The Morgan fingerprint density at radius 3 is 1.81 bits per heavy atom. The van der Waals surface area contributed by atoms with Crippen LogP contribution in [0.1, 0.15) is 54.4 Å². The lowest BCUT2D eigenvalue weighted by molar-refractivity contribution is 0.367. The van der Waals surface area contributed by atoms with E-state index < -0.39 is 0 Å². The van der Waals surface area contributed by atoms with E-state index in [0.29, 0.717) is 0 Å². The van der Waals surface area contributed by atoms with Gasteiger partial charge in [0, 0.05) is 6.54 Å². The zero-order chi connectivity index (χ0) is 13.0. The minimum Gasteiger partial charge on any atom is -0.299 e. The van der Waals surface area contributed by atoms with Crippen molar-refractivity contribution < 1.29 is 0 Å². The quantitative estimate of drug-likeness (QED) is 0.618. The van der Waals surface area contributed by atoms with Gasteiger partial charge in [-0.05, 0) is 53.6 Å². The first-order chi connectivity index (χ1) is 7.61. The maximum Gasteiger partial charge on any atom is 0.0192 e. The molecule has 0 unspecified atom stereocenters. The van der Waals surface area contributed by atoms with E-state index in [0.717, 1.165) is 0 Å². The summed E-state index contributed by atoms with van der Waals surface area (Å²) in [6.07, 6.45) is 4.55. The lowest BCUT2D eigenvalue weighted by atomic mass is 10.2. The number of nitrogens with zero attached hydrogens (tertiary/aromatic N) is 1. The number of allylic oxidation sites excluding steroid dienone is 2. The Morgan fingerprint density at radius 2 is 1.50 bits per heavy atom. The third-order valence-electron chi connectivity index (χ3n) is 2.51. The number of rotatable bonds is 2. The first kappa shape index (κ1) is 17.8. The van der Waals surface area contributed by atoms with Crippen LogP contribution in [0.25, 0.3) is 0 Å². The summed E-state index contributed by atoms with van der Waals surface area (Å²) in [4.78, 5) is 2.54. The van der Waals surface area contributed by atoms with Gasteiger partial charge in [0.2, 0.25) is 0 Å². The molecule has 0 aliphatic carbocycles. The molecule has 1 heterocycles. The summed E-state index contributed by atoms with van der Waals surface area (Å²) in [5, 5.41) is 0. The van der Waals surface area contributed by atoms with E-state index in [9.17, 15) is 0 Å². The van der Waals surface area contributed by atoms with Gasteiger partial charge in [-0.1, -0.05) is 31.1 Å². The van der Waals surface area contributed by atoms with Crippen molar-refractivity contribution in [1.29, 1.82) is 0 Å². The van der Waals surface area contributed by atoms with Crippen LogP contribution in [0.2, 0.25) is 0 Å². The lowest BCUT2D eigenvalue weighted by Crippen LogP contribution is -2.21. The van der Waals surface area contributed by atoms with Gasteiger partial charge in [0.1, 0.15) is 0 Å². The molecule has 96 valence electrons. The molecule has 0 radical (unpaired) electrons. The first-order valence-corrected chi connectivity index (χ1v) is 6.54. The summed E-state index contributed by atoms with van der Waals surface area (Å²) in [5.74, 6) is 0. The summed E-state index contributed by atoms with van der Waals surface area (Å²) >= 11 is 0. The molecule has 0 aromatic carbocycles. The molecule has 16 heavy (non-hydrogen) atoms. The molecule has 1 aliphatic rings. The van der Waals surface area contributed by atoms with Gasteiger partial charge in [0.15, 0.2) is 0 Å². The molecule has 0 spiro atoms. The average Bonchev–Trinajstić information content (AvgIpc) is 2.74. The van der Waals surface area contributed by atoms with Crippen molar-refractivity contribution in [2.45, 2.75) is 54.4 Å². The van der Waals surface area contributed by atoms with Gasteiger partial charge < -0.3 is 0 Å². The van der Waals surface area contributed by atoms with Crippen LogP contribution < -0.4 is 0 Å². The van der Waals surface area contributed by atoms with Crippen LogP contribution in [-0.2, 0) is 0 Å². The minimum absolute atomic E-state index is 1.20. The molecule has 0 aromatic rings. The highest BCUT2D eigenvalue weighted by Gasteiger charge is 2.11. The van der Waals surface area contributed by atoms with Gasteiger partial charge in [-0.3, -0.25) is 4.90 Å². The number of hydrogen-bond acceptors (Lipinski definition) is 1. The van der Waals surface area contributed by atoms with Gasteiger partial charge in [-0.15, -0.1) is 6.58 Å². The monoisotopic (exact) mass is 225 g/mol. The highest BCUT2D eigenvalue weighted by molar-refractivity contribution is 5.08. The fraction of sp³-hybridized carbons (Fsp3) is 0.733. The van der Waals surface area contributed by atoms with E-state index in [-0.39, 0.29) is 0 Å². The van der Waals surface area contributed by atoms with Crippen molar-refractivity contribution >= 4 is 0 Å². The Morgan fingerprint density at radius 1 is 1.12 bits per heavy atom. The van der Waals surface area contributed by atoms with Crippen LogP contribution in [0, 0.1) is 0 Å². The van der Waals surface area contributed by atoms with E-state index in [4.69, 9.17) is 0 Å². The fourth-order valence-corrected chi connectivity index (χ4v) is 1.43. The summed E-state index contributed by atoms with van der Waals surface area (Å²) in [6.45, 7) is 19.7.